The number of carbonyl (C=O) groups excluding carboxylic acids is 2. The number of carbonyl (C=O) groups is 2. The first kappa shape index (κ1) is 17.9. The monoisotopic (exact) mass is 335 g/mol. The van der Waals surface area contributed by atoms with E-state index in [1.807, 2.05) is 0 Å². The zero-order valence-electron chi connectivity index (χ0n) is 15.6. The number of ketones is 1. The highest BCUT2D eigenvalue weighted by molar-refractivity contribution is 5.88. The van der Waals surface area contributed by atoms with Gasteiger partial charge < -0.3 is 5.32 Å². The largest absolute Gasteiger partial charge is 0.342 e. The normalized spacial score (nSPS) is 29.2. The Hall–Kier alpha value is -0.940. The van der Waals surface area contributed by atoms with Crippen LogP contribution in [0.4, 0.5) is 0 Å². The van der Waals surface area contributed by atoms with E-state index in [1.54, 1.807) is 0 Å². The maximum Gasteiger partial charge on any atom is 0.241 e. The number of likely N-dealkylation sites (tertiary alicyclic amines) is 1. The van der Waals surface area contributed by atoms with Crippen LogP contribution >= 0.6 is 0 Å². The highest BCUT2D eigenvalue weighted by Gasteiger charge is 2.50. The fourth-order valence-electron chi connectivity index (χ4n) is 4.49. The van der Waals surface area contributed by atoms with Crippen LogP contribution in [0.3, 0.4) is 0 Å². The van der Waals surface area contributed by atoms with Crippen molar-refractivity contribution >= 4 is 11.7 Å². The summed E-state index contributed by atoms with van der Waals surface area (Å²) < 4.78 is 0. The van der Waals surface area contributed by atoms with Gasteiger partial charge in [0.05, 0.1) is 12.7 Å². The smallest absolute Gasteiger partial charge is 0.241 e. The minimum Gasteiger partial charge on any atom is -0.342 e. The quantitative estimate of drug-likeness (QED) is 0.859. The van der Waals surface area contributed by atoms with Gasteiger partial charge in [0.15, 0.2) is 0 Å². The van der Waals surface area contributed by atoms with Gasteiger partial charge in [-0.05, 0) is 37.5 Å². The molecule has 3 rings (SSSR count). The van der Waals surface area contributed by atoms with Crippen molar-refractivity contribution < 1.29 is 9.59 Å². The van der Waals surface area contributed by atoms with Crippen LogP contribution < -0.4 is 5.32 Å². The Bertz CT molecular complexity index is 489. The number of Topliss-reactive ketones (excluding diaryl/α,β-unsaturated/α-hetero) is 1. The van der Waals surface area contributed by atoms with E-state index in [9.17, 15) is 9.59 Å². The SMILES string of the molecule is CC(C)(C)CCN1CNC(=O)C12CCN(C1CCCCC1=O)CC2. The Morgan fingerprint density at radius 3 is 2.50 bits per heavy atom. The van der Waals surface area contributed by atoms with Crippen molar-refractivity contribution in [2.24, 2.45) is 5.41 Å². The molecule has 0 aromatic rings. The molecule has 3 fully saturated rings. The number of amides is 1. The van der Waals surface area contributed by atoms with Crippen molar-refractivity contribution in [2.45, 2.75) is 77.3 Å². The van der Waals surface area contributed by atoms with Crippen molar-refractivity contribution in [3.63, 3.8) is 0 Å². The molecule has 1 spiro atoms. The van der Waals surface area contributed by atoms with Crippen LogP contribution in [0.1, 0.15) is 65.7 Å². The van der Waals surface area contributed by atoms with Crippen LogP contribution in [0.15, 0.2) is 0 Å². The lowest BCUT2D eigenvalue weighted by molar-refractivity contribution is -0.132. The molecule has 5 nitrogen and oxygen atoms in total. The topological polar surface area (TPSA) is 52.7 Å². The van der Waals surface area contributed by atoms with Crippen molar-refractivity contribution in [2.75, 3.05) is 26.3 Å². The second-order valence-electron chi connectivity index (χ2n) is 9.03. The van der Waals surface area contributed by atoms with E-state index in [2.05, 4.69) is 35.9 Å². The molecule has 24 heavy (non-hydrogen) atoms. The molecule has 136 valence electrons. The maximum absolute atomic E-state index is 12.6. The van der Waals surface area contributed by atoms with Gasteiger partial charge >= 0.3 is 0 Å². The van der Waals surface area contributed by atoms with E-state index in [4.69, 9.17) is 0 Å². The molecule has 0 aromatic carbocycles. The van der Waals surface area contributed by atoms with Gasteiger partial charge in [0.1, 0.15) is 11.3 Å². The van der Waals surface area contributed by atoms with Gasteiger partial charge in [0.2, 0.25) is 5.91 Å². The third kappa shape index (κ3) is 3.52. The van der Waals surface area contributed by atoms with Crippen molar-refractivity contribution in [3.05, 3.63) is 0 Å². The summed E-state index contributed by atoms with van der Waals surface area (Å²) in [6.45, 7) is 10.1. The molecule has 2 heterocycles. The third-order valence-electron chi connectivity index (χ3n) is 6.18. The van der Waals surface area contributed by atoms with Crippen LogP contribution in [0.25, 0.3) is 0 Å². The predicted molar refractivity (Wildman–Crippen MR) is 94.6 cm³/mol. The molecule has 1 atom stereocenters. The van der Waals surface area contributed by atoms with Gasteiger partial charge in [0, 0.05) is 26.1 Å². The van der Waals surface area contributed by atoms with Gasteiger partial charge in [-0.3, -0.25) is 19.4 Å². The number of nitrogens with zero attached hydrogens (tertiary/aromatic N) is 2. The van der Waals surface area contributed by atoms with Gasteiger partial charge in [-0.25, -0.2) is 0 Å². The molecule has 2 saturated heterocycles. The lowest BCUT2D eigenvalue weighted by Crippen LogP contribution is -2.59. The van der Waals surface area contributed by atoms with Crippen LogP contribution in [-0.4, -0.2) is 59.4 Å². The second-order valence-corrected chi connectivity index (χ2v) is 9.03. The molecule has 0 radical (unpaired) electrons. The number of piperidine rings is 1. The second kappa shape index (κ2) is 6.75. The molecular formula is C19H33N3O2. The Labute approximate surface area is 146 Å². The molecule has 2 aliphatic heterocycles. The fourth-order valence-corrected chi connectivity index (χ4v) is 4.49. The van der Waals surface area contributed by atoms with E-state index < -0.39 is 0 Å². The molecule has 0 bridgehead atoms. The van der Waals surface area contributed by atoms with Gasteiger partial charge in [-0.1, -0.05) is 27.2 Å². The first-order valence-electron chi connectivity index (χ1n) is 9.62. The fraction of sp³-hybridized carbons (Fsp3) is 0.895. The molecule has 1 amide bonds. The summed E-state index contributed by atoms with van der Waals surface area (Å²) in [5, 5.41) is 3.07. The Kier molecular flexibility index (Phi) is 5.03. The first-order valence-corrected chi connectivity index (χ1v) is 9.62. The summed E-state index contributed by atoms with van der Waals surface area (Å²) in [5.41, 5.74) is -0.0541. The van der Waals surface area contributed by atoms with Gasteiger partial charge in [-0.15, -0.1) is 0 Å². The van der Waals surface area contributed by atoms with E-state index in [0.717, 1.165) is 64.6 Å². The highest BCUT2D eigenvalue weighted by atomic mass is 16.2. The van der Waals surface area contributed by atoms with E-state index in [0.29, 0.717) is 12.5 Å². The number of rotatable bonds is 3. The van der Waals surface area contributed by atoms with E-state index in [-0.39, 0.29) is 22.9 Å². The Balaban J connectivity index is 1.63. The molecule has 1 unspecified atom stereocenters. The Morgan fingerprint density at radius 1 is 1.17 bits per heavy atom. The van der Waals surface area contributed by atoms with Crippen molar-refractivity contribution in [3.8, 4) is 0 Å². The molecule has 1 aliphatic carbocycles. The van der Waals surface area contributed by atoms with Gasteiger partial charge in [-0.2, -0.15) is 0 Å². The molecule has 5 heteroatoms. The lowest BCUT2D eigenvalue weighted by Gasteiger charge is -2.45. The minimum atomic E-state index is -0.334. The Morgan fingerprint density at radius 2 is 1.88 bits per heavy atom. The van der Waals surface area contributed by atoms with Crippen molar-refractivity contribution in [1.82, 2.24) is 15.1 Å². The first-order chi connectivity index (χ1) is 11.3. The summed E-state index contributed by atoms with van der Waals surface area (Å²) >= 11 is 0. The average Bonchev–Trinajstić information content (AvgIpc) is 2.83. The highest BCUT2D eigenvalue weighted by Crippen LogP contribution is 2.35. The maximum atomic E-state index is 12.6. The summed E-state index contributed by atoms with van der Waals surface area (Å²) in [5.74, 6) is 0.615. The molecule has 1 N–H and O–H groups in total. The van der Waals surface area contributed by atoms with Gasteiger partial charge in [0.25, 0.3) is 0 Å². The summed E-state index contributed by atoms with van der Waals surface area (Å²) in [6, 6.07) is 0.114. The van der Waals surface area contributed by atoms with Crippen LogP contribution in [-0.2, 0) is 9.59 Å². The number of hydrogen-bond donors (Lipinski definition) is 1. The number of hydrogen-bond acceptors (Lipinski definition) is 4. The summed E-state index contributed by atoms with van der Waals surface area (Å²) in [4.78, 5) is 29.5. The lowest BCUT2D eigenvalue weighted by atomic mass is 9.83. The standard InChI is InChI=1S/C19H33N3O2/c1-18(2,3)8-13-22-14-20-17(24)19(22)9-11-21(12-10-19)15-6-4-5-7-16(15)23/h15H,4-14H2,1-3H3,(H,20,24). The zero-order valence-corrected chi connectivity index (χ0v) is 15.6. The predicted octanol–water partition coefficient (Wildman–Crippen LogP) is 2.16. The molecule has 0 aromatic heterocycles. The number of nitrogens with one attached hydrogen (secondary N) is 1. The summed E-state index contributed by atoms with van der Waals surface area (Å²) in [6.07, 6.45) is 6.76. The van der Waals surface area contributed by atoms with E-state index >= 15 is 0 Å². The molecule has 3 aliphatic rings. The van der Waals surface area contributed by atoms with Crippen LogP contribution in [0.5, 0.6) is 0 Å². The average molecular weight is 335 g/mol. The van der Waals surface area contributed by atoms with Crippen LogP contribution in [0.2, 0.25) is 0 Å². The summed E-state index contributed by atoms with van der Waals surface area (Å²) in [7, 11) is 0. The third-order valence-corrected chi connectivity index (χ3v) is 6.18. The molecular weight excluding hydrogens is 302 g/mol. The molecule has 1 saturated carbocycles. The minimum absolute atomic E-state index is 0.114. The van der Waals surface area contributed by atoms with Crippen molar-refractivity contribution in [1.29, 1.82) is 0 Å². The zero-order chi connectivity index (χ0) is 17.4. The van der Waals surface area contributed by atoms with Crippen LogP contribution in [0, 0.1) is 5.41 Å². The van der Waals surface area contributed by atoms with E-state index in [1.165, 1.54) is 0 Å².